The number of rotatable bonds is 46. The van der Waals surface area contributed by atoms with Crippen molar-refractivity contribution in [1.82, 2.24) is 0 Å². The second-order valence-electron chi connectivity index (χ2n) is 36.0. The van der Waals surface area contributed by atoms with Gasteiger partial charge in [0.2, 0.25) is 0 Å². The first-order chi connectivity index (χ1) is 58.1. The molecule has 4 aliphatic rings. The number of hydrogen-bond acceptors (Lipinski definition) is 10. The Morgan fingerprint density at radius 2 is 0.619 bits per heavy atom. The van der Waals surface area contributed by atoms with E-state index in [0.717, 1.165) is 72.3 Å². The van der Waals surface area contributed by atoms with Gasteiger partial charge in [0.15, 0.2) is 0 Å². The molecule has 19 rings (SSSR count). The summed E-state index contributed by atoms with van der Waals surface area (Å²) < 4.78 is 48.2. The number of carbonyl (C=O) groups is 2. The first-order valence-corrected chi connectivity index (χ1v) is 45.9. The largest absolute Gasteiger partial charge is 0.491 e. The minimum Gasteiger partial charge on any atom is -0.491 e. The maximum atomic E-state index is 12.8. The number of esters is 2. The van der Waals surface area contributed by atoms with Crippen LogP contribution in [0.4, 0.5) is 0 Å². The van der Waals surface area contributed by atoms with Crippen molar-refractivity contribution in [3.05, 3.63) is 169 Å². The minimum absolute atomic E-state index is 0.00737. The van der Waals surface area contributed by atoms with E-state index in [1.165, 1.54) is 269 Å². The number of hydrogen-bond donors (Lipinski definition) is 0. The molecule has 0 aliphatic heterocycles. The zero-order valence-corrected chi connectivity index (χ0v) is 70.2. The van der Waals surface area contributed by atoms with Crippen LogP contribution >= 0.6 is 0 Å². The fourth-order valence-corrected chi connectivity index (χ4v) is 22.1. The monoisotopic (exact) mass is 1570 g/mol. The molecule has 8 atom stereocenters. The van der Waals surface area contributed by atoms with Crippen molar-refractivity contribution < 1.29 is 47.5 Å². The fourth-order valence-electron chi connectivity index (χ4n) is 22.1. The molecule has 0 heterocycles. The van der Waals surface area contributed by atoms with Gasteiger partial charge in [-0.05, 0) is 300 Å². The summed E-state index contributed by atoms with van der Waals surface area (Å²) in [5.74, 6) is 3.09. The maximum Gasteiger partial charge on any atom is 0.309 e. The van der Waals surface area contributed by atoms with E-state index in [1.54, 1.807) is 0 Å². The first-order valence-electron chi connectivity index (χ1n) is 45.9. The van der Waals surface area contributed by atoms with E-state index in [0.29, 0.717) is 76.5 Å². The molecule has 0 N–H and O–H groups in total. The maximum absolute atomic E-state index is 12.8. The van der Waals surface area contributed by atoms with Gasteiger partial charge in [-0.15, -0.1) is 0 Å². The summed E-state index contributed by atoms with van der Waals surface area (Å²) in [5, 5.41) is 32.9. The Kier molecular flexibility index (Phi) is 23.5. The molecular weight excluding hydrogens is 1460 g/mol. The van der Waals surface area contributed by atoms with Crippen LogP contribution in [0.25, 0.3) is 152 Å². The normalized spacial score (nSPS) is 18.5. The standard InChI is InChI=1S/C108H118O10/c1-5-7-9-11-13-15-17-19-21-23-27-69-57-87-81-29-25-31-83-91-61-77(73-37-41-79(42-38-73)117-65-67(3)113-49-45-111-47-51-115-107(109)85-55-71-33-35-75(85)53-71)63-93-94-64-78(74-39-43-80(44-40-74)118-66-68(4)114-50-46-112-48-52-116-108(110)86-56-72-34-36-76(86)54-72)62-92-84-32-26-30-82-88-58-70(28-24-22-20-18-16-14-12-10-8-6-2)60-90-89(59-69)97(87)103-101(95(81)83)105(99(91)93)106(100(92)94)102(96(82)84)104(103)98(88)90/h25-26,29-44,57-64,67-68,71-72,75-76,85-86H,5-24,27-28,45-56,65-66H2,1-4H3/t67-,68-,71?,72?,75?,76?,85?,86?/m0/s1. The van der Waals surface area contributed by atoms with Crippen molar-refractivity contribution in [3.8, 4) is 33.8 Å². The van der Waals surface area contributed by atoms with Gasteiger partial charge in [-0.25, -0.2) is 0 Å². The van der Waals surface area contributed by atoms with Crippen molar-refractivity contribution in [3.63, 3.8) is 0 Å². The summed E-state index contributed by atoms with van der Waals surface area (Å²) in [4.78, 5) is 25.5. The Hall–Kier alpha value is -9.16. The van der Waals surface area contributed by atoms with E-state index in [2.05, 4.69) is 172 Å². The molecule has 0 spiro atoms. The predicted molar refractivity (Wildman–Crippen MR) is 489 cm³/mol. The summed E-state index contributed by atoms with van der Waals surface area (Å²) in [7, 11) is 0. The Labute approximate surface area is 695 Å². The van der Waals surface area contributed by atoms with E-state index in [9.17, 15) is 9.59 Å². The van der Waals surface area contributed by atoms with E-state index in [4.69, 9.17) is 37.9 Å². The fraction of sp³-hybridized carbons (Fsp3) is 0.444. The van der Waals surface area contributed by atoms with Crippen LogP contribution < -0.4 is 9.47 Å². The van der Waals surface area contributed by atoms with Gasteiger partial charge in [-0.3, -0.25) is 9.59 Å². The van der Waals surface area contributed by atoms with Gasteiger partial charge < -0.3 is 37.9 Å². The molecule has 0 amide bonds. The van der Waals surface area contributed by atoms with Crippen LogP contribution in [-0.4, -0.2) is 90.2 Å². The summed E-state index contributed by atoms with van der Waals surface area (Å²) in [6.07, 6.45) is 41.2. The molecule has 2 fully saturated rings. The molecule has 10 heteroatoms. The lowest BCUT2D eigenvalue weighted by Crippen LogP contribution is -2.24. The van der Waals surface area contributed by atoms with Crippen molar-refractivity contribution in [1.29, 1.82) is 0 Å². The second-order valence-corrected chi connectivity index (χ2v) is 36.0. The molecule has 4 aliphatic carbocycles. The smallest absolute Gasteiger partial charge is 0.309 e. The highest BCUT2D eigenvalue weighted by molar-refractivity contribution is 6.61. The number of aryl methyl sites for hydroxylation is 2. The summed E-state index contributed by atoms with van der Waals surface area (Å²) in [6, 6.07) is 52.7. The van der Waals surface area contributed by atoms with Gasteiger partial charge in [0.1, 0.15) is 37.9 Å². The minimum atomic E-state index is -0.168. The molecule has 0 saturated heterocycles. The van der Waals surface area contributed by atoms with Gasteiger partial charge in [0, 0.05) is 0 Å². The van der Waals surface area contributed by atoms with Crippen LogP contribution in [-0.2, 0) is 50.9 Å². The molecular formula is C108H118O10. The van der Waals surface area contributed by atoms with Gasteiger partial charge >= 0.3 is 11.9 Å². The van der Waals surface area contributed by atoms with E-state index in [-0.39, 0.29) is 49.2 Å². The number of fused-ring (bicyclic) bond motifs is 10. The quantitative estimate of drug-likeness (QED) is 0.0120. The van der Waals surface area contributed by atoms with Crippen molar-refractivity contribution in [2.45, 2.75) is 207 Å². The van der Waals surface area contributed by atoms with Gasteiger partial charge in [-0.2, -0.15) is 0 Å². The van der Waals surface area contributed by atoms with E-state index < -0.39 is 0 Å². The third kappa shape index (κ3) is 15.4. The lowest BCUT2D eigenvalue weighted by atomic mass is 9.72. The molecule has 15 aromatic carbocycles. The van der Waals surface area contributed by atoms with Gasteiger partial charge in [-0.1, -0.05) is 239 Å². The SMILES string of the molecule is CCCCCCCCCCCCc1cc2c3cccc4c5cc(-c6ccc(OC[C@H](C)OCCOCCOC(=O)C7CC8C=CC7C8)cc6)cc6c7cc(-c8ccc(OC[C@H](C)OCCOCCOC(=O)C9CC%10C=CC9C%10)cc8)cc8c9cccc%10c%11cc(CCCCCCCCCCCC)cc%12c(c1)c2c1c(c34)c(c56)c(c87)c(c%109)c1c%11%12. The molecule has 15 aromatic rings. The topological polar surface area (TPSA) is 108 Å². The zero-order chi connectivity index (χ0) is 79.7. The zero-order valence-electron chi connectivity index (χ0n) is 70.2. The summed E-state index contributed by atoms with van der Waals surface area (Å²) in [5.41, 5.74) is 7.50. The molecule has 0 aromatic heterocycles. The number of unbranched alkanes of at least 4 members (excludes halogenated alkanes) is 18. The Morgan fingerprint density at radius 1 is 0.314 bits per heavy atom. The van der Waals surface area contributed by atoms with Crippen molar-refractivity contribution >= 4 is 141 Å². The van der Waals surface area contributed by atoms with Crippen molar-refractivity contribution in [2.24, 2.45) is 35.5 Å². The average molecular weight is 1580 g/mol. The number of allylic oxidation sites excluding steroid dienone is 4. The van der Waals surface area contributed by atoms with E-state index >= 15 is 0 Å². The van der Waals surface area contributed by atoms with Crippen LogP contribution in [0.5, 0.6) is 11.5 Å². The van der Waals surface area contributed by atoms with Crippen LogP contribution in [0.2, 0.25) is 0 Å². The summed E-state index contributed by atoms with van der Waals surface area (Å²) >= 11 is 0. The third-order valence-electron chi connectivity index (χ3n) is 27.9. The van der Waals surface area contributed by atoms with Crippen LogP contribution in [0.3, 0.4) is 0 Å². The molecule has 610 valence electrons. The highest BCUT2D eigenvalue weighted by atomic mass is 16.6. The number of benzene rings is 15. The van der Waals surface area contributed by atoms with Crippen molar-refractivity contribution in [2.75, 3.05) is 66.1 Å². The number of carbonyl (C=O) groups excluding carboxylic acids is 2. The molecule has 0 radical (unpaired) electrons. The average Bonchev–Trinajstić information content (AvgIpc) is 0.696. The summed E-state index contributed by atoms with van der Waals surface area (Å²) in [6.45, 7) is 12.3. The van der Waals surface area contributed by atoms with E-state index in [1.807, 2.05) is 13.8 Å². The lowest BCUT2D eigenvalue weighted by molar-refractivity contribution is -0.152. The molecule has 6 unspecified atom stereocenters. The highest BCUT2D eigenvalue weighted by Gasteiger charge is 2.42. The molecule has 4 bridgehead atoms. The van der Waals surface area contributed by atoms with Gasteiger partial charge in [0.05, 0.1) is 63.7 Å². The number of ether oxygens (including phenoxy) is 8. The first kappa shape index (κ1) is 78.7. The molecule has 118 heavy (non-hydrogen) atoms. The molecule has 10 nitrogen and oxygen atoms in total. The highest BCUT2D eigenvalue weighted by Crippen LogP contribution is 2.62. The molecule has 2 saturated carbocycles. The van der Waals surface area contributed by atoms with Crippen LogP contribution in [0, 0.1) is 35.5 Å². The Bertz CT molecular complexity index is 5660. The van der Waals surface area contributed by atoms with Crippen LogP contribution in [0.1, 0.15) is 193 Å². The van der Waals surface area contributed by atoms with Crippen LogP contribution in [0.15, 0.2) is 158 Å². The lowest BCUT2D eigenvalue weighted by Gasteiger charge is -2.30. The van der Waals surface area contributed by atoms with Gasteiger partial charge in [0.25, 0.3) is 0 Å². The Morgan fingerprint density at radius 3 is 0.949 bits per heavy atom. The third-order valence-corrected chi connectivity index (χ3v) is 27.9. The Balaban J connectivity index is 0.673. The predicted octanol–water partition coefficient (Wildman–Crippen LogP) is 27.5. The second kappa shape index (κ2) is 35.3.